The Hall–Kier alpha value is -4.06. The lowest BCUT2D eigenvalue weighted by Crippen LogP contribution is -2.38. The number of carbonyl (C=O) groups excluding carboxylic acids is 1. The molecule has 0 spiro atoms. The van der Waals surface area contributed by atoms with Crippen LogP contribution in [0.3, 0.4) is 0 Å². The highest BCUT2D eigenvalue weighted by molar-refractivity contribution is 7.79. The summed E-state index contributed by atoms with van der Waals surface area (Å²) >= 11 is 1.63. The monoisotopic (exact) mass is 658 g/mol. The van der Waals surface area contributed by atoms with Crippen molar-refractivity contribution in [1.82, 2.24) is 19.4 Å². The molecule has 0 bridgehead atoms. The van der Waals surface area contributed by atoms with Crippen LogP contribution in [0.2, 0.25) is 0 Å². The highest BCUT2D eigenvalue weighted by atomic mass is 32.3. The fourth-order valence-corrected chi connectivity index (χ4v) is 5.55. The molecular formula is C29H34N6O8S2. The van der Waals surface area contributed by atoms with E-state index in [1.165, 1.54) is 0 Å². The predicted molar refractivity (Wildman–Crippen MR) is 171 cm³/mol. The van der Waals surface area contributed by atoms with Crippen LogP contribution in [0, 0.1) is 0 Å². The van der Waals surface area contributed by atoms with Gasteiger partial charge in [-0.25, -0.2) is 9.78 Å². The molecule has 0 unspecified atom stereocenters. The minimum Gasteiger partial charge on any atom is -0.492 e. The normalized spacial score (nSPS) is 14.2. The van der Waals surface area contributed by atoms with Crippen molar-refractivity contribution in [3.05, 3.63) is 60.5 Å². The van der Waals surface area contributed by atoms with Crippen molar-refractivity contribution in [1.29, 1.82) is 0 Å². The first-order chi connectivity index (χ1) is 21.3. The first kappa shape index (κ1) is 32.3. The van der Waals surface area contributed by atoms with Gasteiger partial charge in [0, 0.05) is 48.6 Å². The summed E-state index contributed by atoms with van der Waals surface area (Å²) in [5.41, 5.74) is 3.40. The lowest BCUT2D eigenvalue weighted by atomic mass is 9.93. The number of morpholine rings is 1. The van der Waals surface area contributed by atoms with E-state index in [0.717, 1.165) is 65.0 Å². The molecule has 45 heavy (non-hydrogen) atoms. The summed E-state index contributed by atoms with van der Waals surface area (Å²) in [6, 6.07) is 15.1. The Kier molecular flexibility index (Phi) is 9.71. The number of nitrogens with zero attached hydrogens (tertiary/aromatic N) is 4. The molecule has 16 heteroatoms. The maximum Gasteiger partial charge on any atom is 0.394 e. The van der Waals surface area contributed by atoms with Crippen LogP contribution in [0.1, 0.15) is 26.5 Å². The van der Waals surface area contributed by atoms with Crippen LogP contribution in [-0.2, 0) is 20.6 Å². The molecule has 0 aliphatic carbocycles. The summed E-state index contributed by atoms with van der Waals surface area (Å²) in [6.07, 6.45) is 2.04. The van der Waals surface area contributed by atoms with E-state index in [1.54, 1.807) is 17.4 Å². The van der Waals surface area contributed by atoms with E-state index in [0.29, 0.717) is 23.9 Å². The smallest absolute Gasteiger partial charge is 0.394 e. The van der Waals surface area contributed by atoms with Gasteiger partial charge in [-0.05, 0) is 30.3 Å². The van der Waals surface area contributed by atoms with Gasteiger partial charge in [0.05, 0.1) is 29.1 Å². The van der Waals surface area contributed by atoms with E-state index in [9.17, 15) is 4.79 Å². The molecule has 1 saturated heterocycles. The number of ether oxygens (including phenoxy) is 2. The third kappa shape index (κ3) is 9.00. The van der Waals surface area contributed by atoms with Crippen LogP contribution in [-0.4, -0.2) is 82.5 Å². The van der Waals surface area contributed by atoms with Gasteiger partial charge in [0.1, 0.15) is 18.1 Å². The number of thiazole rings is 1. The molecular weight excluding hydrogens is 624 g/mol. The lowest BCUT2D eigenvalue weighted by Gasteiger charge is -2.26. The van der Waals surface area contributed by atoms with Crippen LogP contribution >= 0.6 is 11.3 Å². The van der Waals surface area contributed by atoms with Gasteiger partial charge in [0.2, 0.25) is 0 Å². The minimum atomic E-state index is -4.67. The van der Waals surface area contributed by atoms with Gasteiger partial charge in [0.15, 0.2) is 10.8 Å². The third-order valence-corrected chi connectivity index (χ3v) is 7.79. The number of aromatic nitrogens is 3. The molecule has 1 fully saturated rings. The summed E-state index contributed by atoms with van der Waals surface area (Å²) in [5, 5.41) is 9.45. The zero-order chi connectivity index (χ0) is 32.2. The second-order valence-corrected chi connectivity index (χ2v) is 13.1. The highest BCUT2D eigenvalue weighted by Crippen LogP contribution is 2.32. The first-order valence-electron chi connectivity index (χ1n) is 14.0. The lowest BCUT2D eigenvalue weighted by molar-refractivity contribution is 0.0322. The van der Waals surface area contributed by atoms with E-state index < -0.39 is 10.4 Å². The summed E-state index contributed by atoms with van der Waals surface area (Å²) in [6.45, 7) is 11.1. The molecule has 2 aromatic carbocycles. The van der Waals surface area contributed by atoms with Crippen molar-refractivity contribution in [3.8, 4) is 17.0 Å². The van der Waals surface area contributed by atoms with E-state index in [-0.39, 0.29) is 11.4 Å². The number of rotatable bonds is 7. The van der Waals surface area contributed by atoms with Gasteiger partial charge in [-0.2, -0.15) is 8.42 Å². The summed E-state index contributed by atoms with van der Waals surface area (Å²) in [7, 11) is -4.67. The molecule has 4 heterocycles. The van der Waals surface area contributed by atoms with Crippen molar-refractivity contribution < 1.29 is 36.3 Å². The Balaban J connectivity index is 0.000000743. The van der Waals surface area contributed by atoms with Gasteiger partial charge in [0.25, 0.3) is 0 Å². The number of imidazole rings is 1. The van der Waals surface area contributed by atoms with E-state index in [1.807, 2.05) is 57.3 Å². The SMILES string of the molecule is CC(C)(C)c1cc(NC(=O)Nc2ccc(-c3cn4c(n3)sc3cc(OCCN5CCOCC5)ccc34)cc2)no1.O=S(=O)(O)O. The topological polar surface area (TPSA) is 181 Å². The molecule has 1 aliphatic heterocycles. The fraction of sp³-hybridized carbons (Fsp3) is 0.345. The molecule has 0 atom stereocenters. The molecule has 3 aromatic heterocycles. The molecule has 4 N–H and O–H groups in total. The molecule has 6 rings (SSSR count). The second-order valence-electron chi connectivity index (χ2n) is 11.2. The highest BCUT2D eigenvalue weighted by Gasteiger charge is 2.20. The predicted octanol–water partition coefficient (Wildman–Crippen LogP) is 5.20. The van der Waals surface area contributed by atoms with Gasteiger partial charge in [-0.1, -0.05) is 49.4 Å². The van der Waals surface area contributed by atoms with Crippen LogP contribution in [0.5, 0.6) is 5.75 Å². The average molecular weight is 659 g/mol. The Labute approximate surface area is 263 Å². The Morgan fingerprint density at radius 2 is 1.78 bits per heavy atom. The zero-order valence-corrected chi connectivity index (χ0v) is 26.5. The number of urea groups is 1. The number of hydrogen-bond acceptors (Lipinski definition) is 10. The van der Waals surface area contributed by atoms with E-state index in [4.69, 9.17) is 36.5 Å². The van der Waals surface area contributed by atoms with Crippen molar-refractivity contribution in [2.75, 3.05) is 50.1 Å². The first-order valence-corrected chi connectivity index (χ1v) is 16.2. The maximum atomic E-state index is 12.4. The zero-order valence-electron chi connectivity index (χ0n) is 24.9. The molecule has 1 aliphatic rings. The Morgan fingerprint density at radius 1 is 1.07 bits per heavy atom. The molecule has 14 nitrogen and oxygen atoms in total. The minimum absolute atomic E-state index is 0.187. The van der Waals surface area contributed by atoms with Gasteiger partial charge < -0.3 is 19.3 Å². The molecule has 240 valence electrons. The Bertz CT molecular complexity index is 1860. The van der Waals surface area contributed by atoms with Gasteiger partial charge in [-0.15, -0.1) is 0 Å². The van der Waals surface area contributed by atoms with E-state index in [2.05, 4.69) is 37.2 Å². The number of anilines is 2. The largest absolute Gasteiger partial charge is 0.492 e. The number of amides is 2. The van der Waals surface area contributed by atoms with Crippen LogP contribution in [0.25, 0.3) is 26.4 Å². The van der Waals surface area contributed by atoms with Crippen molar-refractivity contribution >= 4 is 54.4 Å². The van der Waals surface area contributed by atoms with Crippen molar-refractivity contribution in [2.45, 2.75) is 26.2 Å². The van der Waals surface area contributed by atoms with Crippen LogP contribution in [0.15, 0.2) is 59.3 Å². The summed E-state index contributed by atoms with van der Waals surface area (Å²) in [4.78, 5) is 20.5. The number of hydrogen-bond donors (Lipinski definition) is 4. The standard InChI is InChI=1S/C29H32N6O4S.H2O4S/c1-29(2,3)25-17-26(33-39-25)32-27(36)30-20-6-4-19(5-7-20)22-18-35-23-9-8-21(16-24(23)40-28(35)31-22)38-15-12-34-10-13-37-14-11-34;1-5(2,3)4/h4-9,16-18H,10-15H2,1-3H3,(H2,30,32,33,36);(H2,1,2,3,4). The Morgan fingerprint density at radius 3 is 2.44 bits per heavy atom. The molecule has 5 aromatic rings. The number of fused-ring (bicyclic) bond motifs is 3. The van der Waals surface area contributed by atoms with Crippen molar-refractivity contribution in [3.63, 3.8) is 0 Å². The molecule has 0 saturated carbocycles. The number of carbonyl (C=O) groups is 1. The quantitative estimate of drug-likeness (QED) is 0.169. The molecule has 2 amide bonds. The molecule has 0 radical (unpaired) electrons. The van der Waals surface area contributed by atoms with Gasteiger partial charge >= 0.3 is 16.4 Å². The second kappa shape index (κ2) is 13.5. The van der Waals surface area contributed by atoms with Crippen LogP contribution in [0.4, 0.5) is 16.3 Å². The summed E-state index contributed by atoms with van der Waals surface area (Å²) < 4.78 is 51.6. The third-order valence-electron chi connectivity index (χ3n) is 6.78. The van der Waals surface area contributed by atoms with Crippen LogP contribution < -0.4 is 15.4 Å². The number of nitrogens with one attached hydrogen (secondary N) is 2. The van der Waals surface area contributed by atoms with E-state index >= 15 is 0 Å². The maximum absolute atomic E-state index is 12.4. The summed E-state index contributed by atoms with van der Waals surface area (Å²) in [5.74, 6) is 1.94. The fourth-order valence-electron chi connectivity index (χ4n) is 4.52. The number of benzene rings is 2. The van der Waals surface area contributed by atoms with Gasteiger partial charge in [-0.3, -0.25) is 23.7 Å². The van der Waals surface area contributed by atoms with Crippen molar-refractivity contribution in [2.24, 2.45) is 0 Å². The average Bonchev–Trinajstić information content (AvgIpc) is 3.68.